The van der Waals surface area contributed by atoms with Gasteiger partial charge < -0.3 is 11.1 Å². The molecule has 3 aromatic carbocycles. The number of para-hydroxylation sites is 1. The molecule has 1 aliphatic rings. The minimum Gasteiger partial charge on any atom is -0.351 e. The highest BCUT2D eigenvalue weighted by molar-refractivity contribution is 5.88. The van der Waals surface area contributed by atoms with Crippen LogP contribution in [-0.2, 0) is 18.5 Å². The summed E-state index contributed by atoms with van der Waals surface area (Å²) in [7, 11) is 0. The fourth-order valence-electron chi connectivity index (χ4n) is 5.41. The van der Waals surface area contributed by atoms with E-state index in [4.69, 9.17) is 10.8 Å². The van der Waals surface area contributed by atoms with E-state index < -0.39 is 17.7 Å². The number of benzene rings is 3. The Bertz CT molecular complexity index is 1510. The molecule has 5 rings (SSSR count). The van der Waals surface area contributed by atoms with Crippen LogP contribution in [0.3, 0.4) is 0 Å². The summed E-state index contributed by atoms with van der Waals surface area (Å²) in [6.07, 6.45) is 0.669. The summed E-state index contributed by atoms with van der Waals surface area (Å²) in [6.45, 7) is 9.60. The smallest absolute Gasteiger partial charge is 0.316 e. The number of aromatic nitrogens is 2. The highest BCUT2D eigenvalue weighted by Gasteiger charge is 2.35. The molecule has 2 heterocycles. The lowest BCUT2D eigenvalue weighted by atomic mass is 9.89. The highest BCUT2D eigenvalue weighted by atomic mass is 19.1. The number of nitrogens with one attached hydrogen (secondary N) is 1. The van der Waals surface area contributed by atoms with Crippen LogP contribution in [0.1, 0.15) is 41.8 Å². The van der Waals surface area contributed by atoms with E-state index in [0.717, 1.165) is 46.7 Å². The lowest BCUT2D eigenvalue weighted by molar-refractivity contribution is 0.103. The van der Waals surface area contributed by atoms with E-state index in [1.54, 1.807) is 4.68 Å². The van der Waals surface area contributed by atoms with Crippen LogP contribution in [0.4, 0.5) is 19.3 Å². The number of amides is 2. The summed E-state index contributed by atoms with van der Waals surface area (Å²) in [5.74, 6) is -1.45. The molecule has 0 aliphatic carbocycles. The maximum atomic E-state index is 15.7. The summed E-state index contributed by atoms with van der Waals surface area (Å²) < 4.78 is 32.6. The zero-order valence-corrected chi connectivity index (χ0v) is 22.0. The second-order valence-corrected chi connectivity index (χ2v) is 10.3. The predicted molar refractivity (Wildman–Crippen MR) is 145 cm³/mol. The minimum absolute atomic E-state index is 0.0771. The molecule has 4 aromatic rings. The van der Waals surface area contributed by atoms with E-state index in [0.29, 0.717) is 18.7 Å². The van der Waals surface area contributed by atoms with Crippen LogP contribution >= 0.6 is 0 Å². The number of carbonyl (C=O) groups excluding carboxylic acids is 1. The number of hydrogen-bond donors (Lipinski definition) is 2. The number of nitrogens with two attached hydrogens (primary N) is 1. The molecule has 0 saturated carbocycles. The highest BCUT2D eigenvalue weighted by Crippen LogP contribution is 2.40. The average Bonchev–Trinajstić information content (AvgIpc) is 3.24. The second kappa shape index (κ2) is 9.68. The number of carbonyl (C=O) groups is 1. The molecule has 0 bridgehead atoms. The number of hydrogen-bond acceptors (Lipinski definition) is 3. The Morgan fingerprint density at radius 2 is 1.68 bits per heavy atom. The molecular formula is C30H31F2N5O. The molecule has 6 nitrogen and oxygen atoms in total. The topological polar surface area (TPSA) is 76.2 Å². The summed E-state index contributed by atoms with van der Waals surface area (Å²) in [5.41, 5.74) is 10.8. The van der Waals surface area contributed by atoms with Gasteiger partial charge in [0, 0.05) is 42.2 Å². The number of nitrogens with zero attached hydrogens (tertiary/aromatic N) is 3. The molecule has 0 fully saturated rings. The molecule has 3 N–H and O–H groups in total. The molecule has 0 saturated heterocycles. The molecule has 0 radical (unpaired) electrons. The number of anilines is 1. The lowest BCUT2D eigenvalue weighted by Crippen LogP contribution is -2.44. The van der Waals surface area contributed by atoms with E-state index in [9.17, 15) is 4.79 Å². The Labute approximate surface area is 221 Å². The van der Waals surface area contributed by atoms with E-state index in [2.05, 4.69) is 36.2 Å². The van der Waals surface area contributed by atoms with E-state index >= 15 is 8.78 Å². The third-order valence-corrected chi connectivity index (χ3v) is 7.53. The van der Waals surface area contributed by atoms with Crippen molar-refractivity contribution in [3.8, 4) is 16.9 Å². The van der Waals surface area contributed by atoms with Crippen LogP contribution in [0.2, 0.25) is 0 Å². The number of primary amides is 1. The molecule has 196 valence electrons. The number of halogens is 2. The first-order valence-electron chi connectivity index (χ1n) is 12.6. The van der Waals surface area contributed by atoms with Gasteiger partial charge in [-0.15, -0.1) is 0 Å². The quantitative estimate of drug-likeness (QED) is 0.331. The Balaban J connectivity index is 1.70. The third kappa shape index (κ3) is 4.45. The summed E-state index contributed by atoms with van der Waals surface area (Å²) in [5, 5.41) is 7.11. The second-order valence-electron chi connectivity index (χ2n) is 10.3. The minimum atomic E-state index is -0.965. The fourth-order valence-corrected chi connectivity index (χ4v) is 5.41. The largest absolute Gasteiger partial charge is 0.351 e. The Morgan fingerprint density at radius 1 is 1.00 bits per heavy atom. The van der Waals surface area contributed by atoms with Crippen molar-refractivity contribution >= 4 is 11.7 Å². The fraction of sp³-hybridized carbons (Fsp3) is 0.267. The van der Waals surface area contributed by atoms with Crippen molar-refractivity contribution in [3.63, 3.8) is 0 Å². The molecule has 0 spiro atoms. The standard InChI is InChI=1S/C30H31F2N5O/c1-18-9-8-10-19(2)27(18)37-28(21-15-24(32)26(16-23(21)31)34-29(33)38)22-17-36(14-13-25(22)35-37)30(3,4)20-11-6-5-7-12-20/h5-12,15-16H,13-14,17H2,1-4H3,(H3,33,34,38). The van der Waals surface area contributed by atoms with Crippen LogP contribution < -0.4 is 11.1 Å². The van der Waals surface area contributed by atoms with Gasteiger partial charge in [-0.1, -0.05) is 48.5 Å². The number of rotatable bonds is 5. The molecule has 1 aliphatic heterocycles. The van der Waals surface area contributed by atoms with Crippen LogP contribution in [0, 0.1) is 25.5 Å². The van der Waals surface area contributed by atoms with E-state index in [1.807, 2.05) is 50.2 Å². The van der Waals surface area contributed by atoms with Crippen molar-refractivity contribution in [2.24, 2.45) is 5.73 Å². The van der Waals surface area contributed by atoms with Crippen molar-refractivity contribution in [1.82, 2.24) is 14.7 Å². The predicted octanol–water partition coefficient (Wildman–Crippen LogP) is 6.22. The summed E-state index contributed by atoms with van der Waals surface area (Å²) in [4.78, 5) is 13.7. The van der Waals surface area contributed by atoms with Crippen molar-refractivity contribution < 1.29 is 13.6 Å². The molecule has 8 heteroatoms. The summed E-state index contributed by atoms with van der Waals surface area (Å²) >= 11 is 0. The van der Waals surface area contributed by atoms with Gasteiger partial charge in [-0.2, -0.15) is 5.10 Å². The molecule has 38 heavy (non-hydrogen) atoms. The number of aryl methyl sites for hydroxylation is 2. The van der Waals surface area contributed by atoms with E-state index in [1.165, 1.54) is 5.56 Å². The van der Waals surface area contributed by atoms with Gasteiger partial charge in [-0.05, 0) is 50.5 Å². The molecule has 0 unspecified atom stereocenters. The van der Waals surface area contributed by atoms with Gasteiger partial charge in [-0.3, -0.25) is 4.90 Å². The molecule has 0 atom stereocenters. The normalized spacial score (nSPS) is 13.8. The molecule has 1 aromatic heterocycles. The molecular weight excluding hydrogens is 484 g/mol. The monoisotopic (exact) mass is 515 g/mol. The van der Waals surface area contributed by atoms with Crippen LogP contribution in [-0.4, -0.2) is 27.3 Å². The van der Waals surface area contributed by atoms with Gasteiger partial charge in [0.1, 0.15) is 11.6 Å². The van der Waals surface area contributed by atoms with Gasteiger partial charge >= 0.3 is 6.03 Å². The van der Waals surface area contributed by atoms with Gasteiger partial charge in [-0.25, -0.2) is 18.3 Å². The summed E-state index contributed by atoms with van der Waals surface area (Å²) in [6, 6.07) is 17.3. The van der Waals surface area contributed by atoms with E-state index in [-0.39, 0.29) is 16.8 Å². The van der Waals surface area contributed by atoms with Crippen molar-refractivity contribution in [2.45, 2.75) is 46.2 Å². The lowest BCUT2D eigenvalue weighted by Gasteiger charge is -2.41. The molecule has 2 amide bonds. The van der Waals surface area contributed by atoms with Crippen LogP contribution in [0.15, 0.2) is 60.7 Å². The first-order valence-corrected chi connectivity index (χ1v) is 12.6. The van der Waals surface area contributed by atoms with Gasteiger partial charge in [0.15, 0.2) is 0 Å². The number of fused-ring (bicyclic) bond motifs is 1. The zero-order chi connectivity index (χ0) is 27.2. The van der Waals surface area contributed by atoms with Gasteiger partial charge in [0.05, 0.1) is 22.8 Å². The average molecular weight is 516 g/mol. The Morgan fingerprint density at radius 3 is 2.34 bits per heavy atom. The van der Waals surface area contributed by atoms with Gasteiger partial charge in [0.25, 0.3) is 0 Å². The van der Waals surface area contributed by atoms with Crippen molar-refractivity contribution in [2.75, 3.05) is 11.9 Å². The van der Waals surface area contributed by atoms with Crippen LogP contribution in [0.25, 0.3) is 16.9 Å². The maximum Gasteiger partial charge on any atom is 0.316 e. The van der Waals surface area contributed by atoms with Crippen LogP contribution in [0.5, 0.6) is 0 Å². The number of urea groups is 1. The Hall–Kier alpha value is -4.04. The first-order chi connectivity index (χ1) is 18.1. The third-order valence-electron chi connectivity index (χ3n) is 7.53. The van der Waals surface area contributed by atoms with Gasteiger partial charge in [0.2, 0.25) is 0 Å². The van der Waals surface area contributed by atoms with Crippen molar-refractivity contribution in [1.29, 1.82) is 0 Å². The zero-order valence-electron chi connectivity index (χ0n) is 22.0. The SMILES string of the molecule is Cc1cccc(C)c1-n1nc2c(c1-c1cc(F)c(NC(N)=O)cc1F)CN(C(C)(C)c1ccccc1)CC2. The first kappa shape index (κ1) is 25.6. The van der Waals surface area contributed by atoms with Crippen molar-refractivity contribution in [3.05, 3.63) is 100 Å². The maximum absolute atomic E-state index is 15.7. The Kier molecular flexibility index (Phi) is 6.53.